The molecule has 10 heavy (non-hydrogen) atoms. The van der Waals surface area contributed by atoms with Crippen LogP contribution in [-0.2, 0) is 13.6 Å². The molecule has 1 rings (SSSR count). The van der Waals surface area contributed by atoms with Gasteiger partial charge >= 0.3 is 0 Å². The fourth-order valence-electron chi connectivity index (χ4n) is 0.958. The minimum Gasteiger partial charge on any atom is -0.310 e. The summed E-state index contributed by atoms with van der Waals surface area (Å²) in [6, 6.07) is 2.04. The van der Waals surface area contributed by atoms with Crippen molar-refractivity contribution in [2.45, 2.75) is 13.5 Å². The number of nitrogens with zero attached hydrogens (tertiary/aromatic N) is 2. The summed E-state index contributed by atoms with van der Waals surface area (Å²) in [6.07, 6.45) is 0. The first-order chi connectivity index (χ1) is 4.74. The van der Waals surface area contributed by atoms with Crippen molar-refractivity contribution < 1.29 is 0 Å². The Hall–Kier alpha value is -0.830. The fourth-order valence-corrected chi connectivity index (χ4v) is 0.958. The summed E-state index contributed by atoms with van der Waals surface area (Å²) in [7, 11) is 5.47. The van der Waals surface area contributed by atoms with Gasteiger partial charge in [-0.1, -0.05) is 0 Å². The molecule has 55 valence electrons. The van der Waals surface area contributed by atoms with E-state index in [0.29, 0.717) is 0 Å². The average Bonchev–Trinajstić information content (AvgIpc) is 2.13. The monoisotopic (exact) mass is 138 g/mol. The van der Waals surface area contributed by atoms with Gasteiger partial charge in [0.05, 0.1) is 11.4 Å². The van der Waals surface area contributed by atoms with Gasteiger partial charge in [-0.2, -0.15) is 5.10 Å². The van der Waals surface area contributed by atoms with Crippen LogP contribution in [0.2, 0.25) is 0 Å². The molecule has 0 aromatic carbocycles. The quantitative estimate of drug-likeness (QED) is 0.649. The SMILES string of the molecule is [CH2]NCc1cc(C)nn1C. The number of aromatic nitrogens is 2. The van der Waals surface area contributed by atoms with Crippen molar-refractivity contribution in [1.82, 2.24) is 15.1 Å². The van der Waals surface area contributed by atoms with Crippen molar-refractivity contribution in [2.24, 2.45) is 7.05 Å². The lowest BCUT2D eigenvalue weighted by Gasteiger charge is -1.97. The van der Waals surface area contributed by atoms with Gasteiger partial charge < -0.3 is 5.32 Å². The minimum atomic E-state index is 0.775. The van der Waals surface area contributed by atoms with Crippen molar-refractivity contribution in [3.63, 3.8) is 0 Å². The van der Waals surface area contributed by atoms with Gasteiger partial charge in [-0.15, -0.1) is 0 Å². The molecule has 1 aromatic heterocycles. The zero-order chi connectivity index (χ0) is 7.56. The van der Waals surface area contributed by atoms with Gasteiger partial charge in [0.15, 0.2) is 0 Å². The van der Waals surface area contributed by atoms with E-state index in [1.807, 2.05) is 24.7 Å². The normalized spacial score (nSPS) is 10.3. The predicted octanol–water partition coefficient (Wildman–Crippen LogP) is 0.610. The van der Waals surface area contributed by atoms with E-state index in [9.17, 15) is 0 Å². The second-order valence-corrected chi connectivity index (χ2v) is 2.33. The molecule has 0 fully saturated rings. The highest BCUT2D eigenvalue weighted by Gasteiger charge is 1.98. The number of rotatable bonds is 2. The van der Waals surface area contributed by atoms with Crippen LogP contribution >= 0.6 is 0 Å². The lowest BCUT2D eigenvalue weighted by molar-refractivity contribution is 0.679. The Balaban J connectivity index is 2.81. The molecule has 1 N–H and O–H groups in total. The zero-order valence-electron chi connectivity index (χ0n) is 6.39. The van der Waals surface area contributed by atoms with E-state index < -0.39 is 0 Å². The van der Waals surface area contributed by atoms with Crippen molar-refractivity contribution in [3.8, 4) is 0 Å². The predicted molar refractivity (Wildman–Crippen MR) is 40.1 cm³/mol. The summed E-state index contributed by atoms with van der Waals surface area (Å²) in [5, 5.41) is 7.01. The standard InChI is InChI=1S/C7H12N3/c1-6-4-7(5-8-2)10(3)9-6/h4,8H,2,5H2,1,3H3. The van der Waals surface area contributed by atoms with E-state index in [1.54, 1.807) is 0 Å². The van der Waals surface area contributed by atoms with E-state index in [0.717, 1.165) is 17.9 Å². The molecule has 0 bridgehead atoms. The fraction of sp³-hybridized carbons (Fsp3) is 0.429. The van der Waals surface area contributed by atoms with E-state index in [2.05, 4.69) is 17.5 Å². The Morgan fingerprint density at radius 2 is 2.50 bits per heavy atom. The second kappa shape index (κ2) is 2.84. The summed E-state index contributed by atoms with van der Waals surface area (Å²) in [6.45, 7) is 2.75. The number of hydrogen-bond donors (Lipinski definition) is 1. The van der Waals surface area contributed by atoms with Crippen molar-refractivity contribution in [1.29, 1.82) is 0 Å². The molecular weight excluding hydrogens is 126 g/mol. The molecule has 0 aliphatic carbocycles. The van der Waals surface area contributed by atoms with Crippen LogP contribution in [0.5, 0.6) is 0 Å². The van der Waals surface area contributed by atoms with Gasteiger partial charge in [0, 0.05) is 20.6 Å². The first kappa shape index (κ1) is 7.28. The smallest absolute Gasteiger partial charge is 0.0597 e. The molecule has 0 aliphatic heterocycles. The third kappa shape index (κ3) is 1.36. The molecular formula is C7H12N3. The summed E-state index contributed by atoms with van der Waals surface area (Å²) in [4.78, 5) is 0. The van der Waals surface area contributed by atoms with Gasteiger partial charge in [0.1, 0.15) is 0 Å². The van der Waals surface area contributed by atoms with Gasteiger partial charge in [-0.3, -0.25) is 4.68 Å². The highest BCUT2D eigenvalue weighted by molar-refractivity contribution is 5.07. The van der Waals surface area contributed by atoms with Gasteiger partial charge in [0.2, 0.25) is 0 Å². The van der Waals surface area contributed by atoms with Crippen LogP contribution in [0.15, 0.2) is 6.07 Å². The maximum absolute atomic E-state index is 4.18. The van der Waals surface area contributed by atoms with E-state index in [4.69, 9.17) is 0 Å². The third-order valence-electron chi connectivity index (χ3n) is 1.41. The average molecular weight is 138 g/mol. The van der Waals surface area contributed by atoms with Gasteiger partial charge in [-0.25, -0.2) is 0 Å². The molecule has 0 aliphatic rings. The third-order valence-corrected chi connectivity index (χ3v) is 1.41. The number of hydrogen-bond acceptors (Lipinski definition) is 2. The van der Waals surface area contributed by atoms with E-state index in [1.165, 1.54) is 0 Å². The maximum atomic E-state index is 4.18. The molecule has 1 radical (unpaired) electrons. The Morgan fingerprint density at radius 1 is 1.80 bits per heavy atom. The molecule has 1 aromatic rings. The maximum Gasteiger partial charge on any atom is 0.0597 e. The van der Waals surface area contributed by atoms with Gasteiger partial charge in [-0.05, 0) is 13.0 Å². The second-order valence-electron chi connectivity index (χ2n) is 2.33. The van der Waals surface area contributed by atoms with Crippen molar-refractivity contribution in [3.05, 3.63) is 24.5 Å². The zero-order valence-corrected chi connectivity index (χ0v) is 6.39. The largest absolute Gasteiger partial charge is 0.310 e. The first-order valence-corrected chi connectivity index (χ1v) is 3.23. The van der Waals surface area contributed by atoms with Crippen LogP contribution in [-0.4, -0.2) is 9.78 Å². The van der Waals surface area contributed by atoms with E-state index in [-0.39, 0.29) is 0 Å². The van der Waals surface area contributed by atoms with E-state index >= 15 is 0 Å². The van der Waals surface area contributed by atoms with Crippen molar-refractivity contribution >= 4 is 0 Å². The van der Waals surface area contributed by atoms with Crippen LogP contribution in [0.3, 0.4) is 0 Å². The van der Waals surface area contributed by atoms with Crippen LogP contribution in [0.4, 0.5) is 0 Å². The highest BCUT2D eigenvalue weighted by Crippen LogP contribution is 1.99. The Labute approximate surface area is 61.0 Å². The summed E-state index contributed by atoms with van der Waals surface area (Å²) >= 11 is 0. The lowest BCUT2D eigenvalue weighted by atomic mass is 10.4. The molecule has 0 unspecified atom stereocenters. The van der Waals surface area contributed by atoms with Crippen LogP contribution in [0, 0.1) is 14.0 Å². The summed E-state index contributed by atoms with van der Waals surface area (Å²) in [5.41, 5.74) is 2.21. The topological polar surface area (TPSA) is 29.9 Å². The Bertz CT molecular complexity index is 215. The molecule has 3 heteroatoms. The first-order valence-electron chi connectivity index (χ1n) is 3.23. The van der Waals surface area contributed by atoms with Gasteiger partial charge in [0.25, 0.3) is 0 Å². The Kier molecular flexibility index (Phi) is 2.06. The highest BCUT2D eigenvalue weighted by atomic mass is 15.3. The number of nitrogens with one attached hydrogen (secondary N) is 1. The van der Waals surface area contributed by atoms with Crippen molar-refractivity contribution in [2.75, 3.05) is 0 Å². The lowest BCUT2D eigenvalue weighted by Crippen LogP contribution is -2.07. The molecule has 3 nitrogen and oxygen atoms in total. The Morgan fingerprint density at radius 3 is 2.90 bits per heavy atom. The molecule has 0 spiro atoms. The molecule has 0 amide bonds. The minimum absolute atomic E-state index is 0.775. The molecule has 0 saturated heterocycles. The molecule has 0 atom stereocenters. The van der Waals surface area contributed by atoms with Crippen LogP contribution in [0.25, 0.3) is 0 Å². The van der Waals surface area contributed by atoms with Crippen LogP contribution < -0.4 is 5.32 Å². The van der Waals surface area contributed by atoms with Crippen LogP contribution in [0.1, 0.15) is 11.4 Å². The molecule has 0 saturated carbocycles. The molecule has 1 heterocycles. The summed E-state index contributed by atoms with van der Waals surface area (Å²) in [5.74, 6) is 0. The summed E-state index contributed by atoms with van der Waals surface area (Å²) < 4.78 is 1.85. The number of aryl methyl sites for hydroxylation is 2.